The lowest BCUT2D eigenvalue weighted by Crippen LogP contribution is -2.39. The van der Waals surface area contributed by atoms with Crippen LogP contribution in [0.3, 0.4) is 0 Å². The number of nitrogens with one attached hydrogen (secondary N) is 2. The van der Waals surface area contributed by atoms with Crippen LogP contribution < -0.4 is 10.6 Å². The predicted molar refractivity (Wildman–Crippen MR) is 106 cm³/mol. The van der Waals surface area contributed by atoms with Gasteiger partial charge in [0.05, 0.1) is 12.0 Å². The van der Waals surface area contributed by atoms with Gasteiger partial charge in [-0.1, -0.05) is 12.1 Å². The molecule has 1 heterocycles. The lowest BCUT2D eigenvalue weighted by Gasteiger charge is -2.28. The van der Waals surface area contributed by atoms with Gasteiger partial charge in [0, 0.05) is 11.6 Å². The van der Waals surface area contributed by atoms with E-state index in [-0.39, 0.29) is 29.9 Å². The van der Waals surface area contributed by atoms with Crippen molar-refractivity contribution in [3.8, 4) is 0 Å². The van der Waals surface area contributed by atoms with Crippen LogP contribution in [-0.2, 0) is 9.53 Å². The molecule has 148 valence electrons. The molecule has 2 aliphatic rings. The van der Waals surface area contributed by atoms with Crippen LogP contribution >= 0.6 is 0 Å². The monoisotopic (exact) mass is 372 g/mol. The van der Waals surface area contributed by atoms with Crippen LogP contribution in [-0.4, -0.2) is 37.1 Å². The molecule has 1 aliphatic heterocycles. The molecule has 5 heteroatoms. The number of benzene rings is 1. The molecule has 0 spiro atoms. The fraction of sp³-hybridized carbons (Fsp3) is 0.636. The second kappa shape index (κ2) is 9.36. The first-order chi connectivity index (χ1) is 13.0. The number of carbonyl (C=O) groups is 2. The summed E-state index contributed by atoms with van der Waals surface area (Å²) in [4.78, 5) is 24.6. The van der Waals surface area contributed by atoms with Crippen molar-refractivity contribution in [2.45, 2.75) is 70.4 Å². The number of hydrogen-bond acceptors (Lipinski definition) is 4. The average Bonchev–Trinajstić information content (AvgIpc) is 2.69. The molecule has 0 radical (unpaired) electrons. The molecule has 0 aromatic heterocycles. The standard InChI is InChI=1S/C22H32N2O3/c1-15(2)27-22(26)19-7-9-20(10-8-19)24-21(25)18-5-3-16(4-6-18)17-11-13-23-14-12-17/h3-6,15,17,19-20,23H,7-14H2,1-2H3,(H,24,25). The normalized spacial score (nSPS) is 23.8. The molecule has 27 heavy (non-hydrogen) atoms. The van der Waals surface area contributed by atoms with E-state index in [0.717, 1.165) is 51.6 Å². The molecule has 0 atom stereocenters. The molecule has 5 nitrogen and oxygen atoms in total. The van der Waals surface area contributed by atoms with Gasteiger partial charge in [-0.15, -0.1) is 0 Å². The number of rotatable bonds is 5. The number of esters is 1. The predicted octanol–water partition coefficient (Wildman–Crippen LogP) is 3.39. The Balaban J connectivity index is 1.47. The average molecular weight is 373 g/mol. The van der Waals surface area contributed by atoms with Gasteiger partial charge in [-0.3, -0.25) is 9.59 Å². The fourth-order valence-corrected chi connectivity index (χ4v) is 4.13. The fourth-order valence-electron chi connectivity index (χ4n) is 4.13. The van der Waals surface area contributed by atoms with E-state index in [4.69, 9.17) is 4.74 Å². The minimum atomic E-state index is -0.0942. The van der Waals surface area contributed by atoms with E-state index in [9.17, 15) is 9.59 Å². The van der Waals surface area contributed by atoms with Crippen molar-refractivity contribution in [3.63, 3.8) is 0 Å². The van der Waals surface area contributed by atoms with E-state index in [2.05, 4.69) is 22.8 Å². The molecule has 0 unspecified atom stereocenters. The largest absolute Gasteiger partial charge is 0.463 e. The Morgan fingerprint density at radius 1 is 1.00 bits per heavy atom. The molecule has 2 fully saturated rings. The van der Waals surface area contributed by atoms with Crippen molar-refractivity contribution in [2.75, 3.05) is 13.1 Å². The number of amides is 1. The summed E-state index contributed by atoms with van der Waals surface area (Å²) in [7, 11) is 0. The highest BCUT2D eigenvalue weighted by Crippen LogP contribution is 2.27. The summed E-state index contributed by atoms with van der Waals surface area (Å²) in [6, 6.07) is 8.23. The highest BCUT2D eigenvalue weighted by molar-refractivity contribution is 5.94. The van der Waals surface area contributed by atoms with Crippen LogP contribution in [0.15, 0.2) is 24.3 Å². The zero-order chi connectivity index (χ0) is 19.2. The number of carbonyl (C=O) groups excluding carboxylic acids is 2. The molecule has 1 aliphatic carbocycles. The van der Waals surface area contributed by atoms with Crippen LogP contribution in [0.25, 0.3) is 0 Å². The van der Waals surface area contributed by atoms with Crippen LogP contribution in [0.2, 0.25) is 0 Å². The van der Waals surface area contributed by atoms with Crippen LogP contribution in [0.4, 0.5) is 0 Å². The quantitative estimate of drug-likeness (QED) is 0.778. The molecule has 1 aromatic carbocycles. The van der Waals surface area contributed by atoms with Crippen LogP contribution in [0.1, 0.15) is 74.2 Å². The third-order valence-electron chi connectivity index (χ3n) is 5.73. The van der Waals surface area contributed by atoms with E-state index in [1.54, 1.807) is 0 Å². The summed E-state index contributed by atoms with van der Waals surface area (Å²) in [6.45, 7) is 5.89. The van der Waals surface area contributed by atoms with E-state index in [1.807, 2.05) is 26.0 Å². The lowest BCUT2D eigenvalue weighted by molar-refractivity contribution is -0.153. The molecule has 0 bridgehead atoms. The summed E-state index contributed by atoms with van der Waals surface area (Å²) >= 11 is 0. The molecule has 1 saturated carbocycles. The Morgan fingerprint density at radius 2 is 1.63 bits per heavy atom. The van der Waals surface area contributed by atoms with Gasteiger partial charge < -0.3 is 15.4 Å². The van der Waals surface area contributed by atoms with Crippen LogP contribution in [0.5, 0.6) is 0 Å². The minimum Gasteiger partial charge on any atom is -0.463 e. The van der Waals surface area contributed by atoms with E-state index in [0.29, 0.717) is 11.5 Å². The van der Waals surface area contributed by atoms with Crippen molar-refractivity contribution < 1.29 is 14.3 Å². The molecule has 1 saturated heterocycles. The van der Waals surface area contributed by atoms with E-state index in [1.165, 1.54) is 5.56 Å². The number of piperidine rings is 1. The molecule has 3 rings (SSSR count). The van der Waals surface area contributed by atoms with Crippen molar-refractivity contribution >= 4 is 11.9 Å². The summed E-state index contributed by atoms with van der Waals surface area (Å²) in [5.41, 5.74) is 2.05. The Labute approximate surface area is 162 Å². The highest BCUT2D eigenvalue weighted by Gasteiger charge is 2.28. The second-order valence-electron chi connectivity index (χ2n) is 8.15. The number of ether oxygens (including phenoxy) is 1. The maximum absolute atomic E-state index is 12.5. The van der Waals surface area contributed by atoms with E-state index >= 15 is 0 Å². The van der Waals surface area contributed by atoms with Crippen molar-refractivity contribution in [3.05, 3.63) is 35.4 Å². The van der Waals surface area contributed by atoms with Gasteiger partial charge in [-0.2, -0.15) is 0 Å². The SMILES string of the molecule is CC(C)OC(=O)C1CCC(NC(=O)c2ccc(C3CCNCC3)cc2)CC1. The second-order valence-corrected chi connectivity index (χ2v) is 8.15. The minimum absolute atomic E-state index is 0.0138. The van der Waals surface area contributed by atoms with Crippen molar-refractivity contribution in [1.29, 1.82) is 0 Å². The summed E-state index contributed by atoms with van der Waals surface area (Å²) in [5.74, 6) is 0.470. The smallest absolute Gasteiger partial charge is 0.309 e. The van der Waals surface area contributed by atoms with Gasteiger partial charge >= 0.3 is 5.97 Å². The molecular weight excluding hydrogens is 340 g/mol. The van der Waals surface area contributed by atoms with Crippen molar-refractivity contribution in [1.82, 2.24) is 10.6 Å². The summed E-state index contributed by atoms with van der Waals surface area (Å²) in [5, 5.41) is 6.52. The van der Waals surface area contributed by atoms with Gasteiger partial charge in [-0.05, 0) is 89.1 Å². The first-order valence-electron chi connectivity index (χ1n) is 10.3. The van der Waals surface area contributed by atoms with E-state index < -0.39 is 0 Å². The van der Waals surface area contributed by atoms with Gasteiger partial charge in [0.25, 0.3) is 5.91 Å². The molecule has 2 N–H and O–H groups in total. The molecule has 1 amide bonds. The highest BCUT2D eigenvalue weighted by atomic mass is 16.5. The third kappa shape index (κ3) is 5.55. The zero-order valence-corrected chi connectivity index (χ0v) is 16.5. The summed E-state index contributed by atoms with van der Waals surface area (Å²) < 4.78 is 5.31. The summed E-state index contributed by atoms with van der Waals surface area (Å²) in [6.07, 6.45) is 5.48. The third-order valence-corrected chi connectivity index (χ3v) is 5.73. The Morgan fingerprint density at radius 3 is 2.22 bits per heavy atom. The zero-order valence-electron chi connectivity index (χ0n) is 16.5. The van der Waals surface area contributed by atoms with Crippen LogP contribution in [0, 0.1) is 5.92 Å². The van der Waals surface area contributed by atoms with Gasteiger partial charge in [0.2, 0.25) is 0 Å². The maximum atomic E-state index is 12.5. The first kappa shape index (κ1) is 19.9. The van der Waals surface area contributed by atoms with Crippen molar-refractivity contribution in [2.24, 2.45) is 5.92 Å². The van der Waals surface area contributed by atoms with Gasteiger partial charge in [-0.25, -0.2) is 0 Å². The molecule has 1 aromatic rings. The Kier molecular flexibility index (Phi) is 6.89. The topological polar surface area (TPSA) is 67.4 Å². The number of hydrogen-bond donors (Lipinski definition) is 2. The van der Waals surface area contributed by atoms with Gasteiger partial charge in [0.15, 0.2) is 0 Å². The maximum Gasteiger partial charge on any atom is 0.309 e. The van der Waals surface area contributed by atoms with Gasteiger partial charge in [0.1, 0.15) is 0 Å². The lowest BCUT2D eigenvalue weighted by atomic mass is 9.86. The first-order valence-corrected chi connectivity index (χ1v) is 10.3. The Hall–Kier alpha value is -1.88. The molecular formula is C22H32N2O3. The Bertz CT molecular complexity index is 627.